The number of rotatable bonds is 3. The molecule has 4 heteroatoms. The highest BCUT2D eigenvalue weighted by molar-refractivity contribution is 9.10. The lowest BCUT2D eigenvalue weighted by Crippen LogP contribution is -2.46. The van der Waals surface area contributed by atoms with Crippen molar-refractivity contribution in [3.8, 4) is 0 Å². The van der Waals surface area contributed by atoms with E-state index in [0.717, 1.165) is 21.3 Å². The zero-order valence-corrected chi connectivity index (χ0v) is 12.6. The largest absolute Gasteiger partial charge is 0.393 e. The zero-order valence-electron chi connectivity index (χ0n) is 11.0. The van der Waals surface area contributed by atoms with E-state index in [1.807, 2.05) is 42.5 Å². The number of benzene rings is 2. The van der Waals surface area contributed by atoms with Crippen LogP contribution in [0, 0.1) is 0 Å². The van der Waals surface area contributed by atoms with Gasteiger partial charge in [-0.2, -0.15) is 0 Å². The van der Waals surface area contributed by atoms with Crippen LogP contribution in [0.1, 0.15) is 11.1 Å². The number of aliphatic hydroxyl groups excluding tert-OH is 1. The highest BCUT2D eigenvalue weighted by Crippen LogP contribution is 2.35. The summed E-state index contributed by atoms with van der Waals surface area (Å²) in [6.07, 6.45) is 0. The second-order valence-electron chi connectivity index (χ2n) is 5.00. The first-order chi connectivity index (χ1) is 9.75. The molecule has 3 nitrogen and oxygen atoms in total. The van der Waals surface area contributed by atoms with Gasteiger partial charge in [-0.3, -0.25) is 0 Å². The number of ether oxygens (including phenoxy) is 1. The number of anilines is 1. The number of para-hydroxylation sites is 1. The normalized spacial score (nSPS) is 21.3. The maximum absolute atomic E-state index is 9.98. The number of aliphatic hydroxyl groups is 1. The Hall–Kier alpha value is -1.36. The lowest BCUT2D eigenvalue weighted by atomic mass is 9.85. The number of nitrogens with one attached hydrogen (secondary N) is 1. The molecule has 1 aliphatic rings. The Labute approximate surface area is 126 Å². The fraction of sp³-hybridized carbons (Fsp3) is 0.250. The fourth-order valence-corrected chi connectivity index (χ4v) is 3.00. The van der Waals surface area contributed by atoms with Gasteiger partial charge in [0.05, 0.1) is 19.8 Å². The van der Waals surface area contributed by atoms with Crippen LogP contribution in [0.15, 0.2) is 53.0 Å². The van der Waals surface area contributed by atoms with Crippen molar-refractivity contribution in [1.82, 2.24) is 0 Å². The SMILES string of the molecule is OCC1(Nc2ccccc2Br)COCc2ccccc21. The number of halogens is 1. The molecule has 0 radical (unpaired) electrons. The Balaban J connectivity index is 2.03. The molecule has 0 spiro atoms. The van der Waals surface area contributed by atoms with E-state index in [-0.39, 0.29) is 6.61 Å². The van der Waals surface area contributed by atoms with Crippen molar-refractivity contribution in [2.45, 2.75) is 12.1 Å². The maximum atomic E-state index is 9.98. The predicted octanol–water partition coefficient (Wildman–Crippen LogP) is 3.28. The minimum absolute atomic E-state index is 0.0225. The molecule has 0 saturated carbocycles. The molecule has 0 aliphatic carbocycles. The second kappa shape index (κ2) is 5.56. The van der Waals surface area contributed by atoms with Crippen LogP contribution in [-0.2, 0) is 16.9 Å². The average Bonchev–Trinajstić information content (AvgIpc) is 2.50. The van der Waals surface area contributed by atoms with Crippen LogP contribution >= 0.6 is 15.9 Å². The molecule has 2 aromatic carbocycles. The molecule has 1 heterocycles. The van der Waals surface area contributed by atoms with Gasteiger partial charge in [-0.05, 0) is 39.2 Å². The third-order valence-corrected chi connectivity index (χ3v) is 4.35. The molecule has 0 aromatic heterocycles. The Kier molecular flexibility index (Phi) is 3.78. The van der Waals surface area contributed by atoms with E-state index >= 15 is 0 Å². The smallest absolute Gasteiger partial charge is 0.110 e. The van der Waals surface area contributed by atoms with E-state index < -0.39 is 5.54 Å². The molecular weight excluding hydrogens is 318 g/mol. The molecule has 20 heavy (non-hydrogen) atoms. The number of hydrogen-bond acceptors (Lipinski definition) is 3. The number of fused-ring (bicyclic) bond motifs is 1. The summed E-state index contributed by atoms with van der Waals surface area (Å²) in [7, 11) is 0. The van der Waals surface area contributed by atoms with Gasteiger partial charge in [-0.1, -0.05) is 36.4 Å². The first kappa shape index (κ1) is 13.6. The van der Waals surface area contributed by atoms with E-state index in [1.165, 1.54) is 0 Å². The minimum Gasteiger partial charge on any atom is -0.393 e. The highest BCUT2D eigenvalue weighted by atomic mass is 79.9. The van der Waals surface area contributed by atoms with Crippen molar-refractivity contribution in [3.05, 3.63) is 64.1 Å². The molecule has 1 atom stereocenters. The molecule has 1 unspecified atom stereocenters. The average molecular weight is 334 g/mol. The van der Waals surface area contributed by atoms with Crippen LogP contribution < -0.4 is 5.32 Å². The molecule has 0 fully saturated rings. The molecule has 2 N–H and O–H groups in total. The zero-order chi connectivity index (χ0) is 14.0. The molecule has 1 aliphatic heterocycles. The monoisotopic (exact) mass is 333 g/mol. The van der Waals surface area contributed by atoms with Gasteiger partial charge in [0.15, 0.2) is 0 Å². The summed E-state index contributed by atoms with van der Waals surface area (Å²) >= 11 is 3.53. The maximum Gasteiger partial charge on any atom is 0.110 e. The quantitative estimate of drug-likeness (QED) is 0.905. The summed E-state index contributed by atoms with van der Waals surface area (Å²) < 4.78 is 6.65. The Bertz CT molecular complexity index is 617. The highest BCUT2D eigenvalue weighted by Gasteiger charge is 2.37. The first-order valence-corrected chi connectivity index (χ1v) is 7.34. The van der Waals surface area contributed by atoms with Gasteiger partial charge in [0.25, 0.3) is 0 Å². The van der Waals surface area contributed by atoms with Crippen LogP contribution in [-0.4, -0.2) is 18.3 Å². The van der Waals surface area contributed by atoms with Crippen LogP contribution in [0.5, 0.6) is 0 Å². The summed E-state index contributed by atoms with van der Waals surface area (Å²) in [6.45, 7) is 1.02. The lowest BCUT2D eigenvalue weighted by molar-refractivity contribution is 0.0357. The van der Waals surface area contributed by atoms with E-state index in [2.05, 4.69) is 27.3 Å². The Morgan fingerprint density at radius 2 is 1.90 bits per heavy atom. The van der Waals surface area contributed by atoms with Gasteiger partial charge in [0.2, 0.25) is 0 Å². The van der Waals surface area contributed by atoms with Crippen LogP contribution in [0.2, 0.25) is 0 Å². The van der Waals surface area contributed by atoms with E-state index in [4.69, 9.17) is 4.74 Å². The van der Waals surface area contributed by atoms with Gasteiger partial charge in [0, 0.05) is 10.2 Å². The lowest BCUT2D eigenvalue weighted by Gasteiger charge is -2.39. The molecule has 0 amide bonds. The summed E-state index contributed by atoms with van der Waals surface area (Å²) in [4.78, 5) is 0. The topological polar surface area (TPSA) is 41.5 Å². The molecular formula is C16H16BrNO2. The molecule has 0 saturated heterocycles. The van der Waals surface area contributed by atoms with E-state index in [1.54, 1.807) is 0 Å². The third kappa shape index (κ3) is 2.35. The van der Waals surface area contributed by atoms with Crippen molar-refractivity contribution in [2.75, 3.05) is 18.5 Å². The molecule has 104 valence electrons. The van der Waals surface area contributed by atoms with Crippen molar-refractivity contribution >= 4 is 21.6 Å². The number of hydrogen-bond donors (Lipinski definition) is 2. The van der Waals surface area contributed by atoms with Crippen molar-refractivity contribution < 1.29 is 9.84 Å². The van der Waals surface area contributed by atoms with Gasteiger partial charge >= 0.3 is 0 Å². The molecule has 2 aromatic rings. The Morgan fingerprint density at radius 1 is 1.15 bits per heavy atom. The van der Waals surface area contributed by atoms with Crippen LogP contribution in [0.25, 0.3) is 0 Å². The fourth-order valence-electron chi connectivity index (χ4n) is 2.62. The van der Waals surface area contributed by atoms with E-state index in [9.17, 15) is 5.11 Å². The van der Waals surface area contributed by atoms with Gasteiger partial charge in [0.1, 0.15) is 5.54 Å². The van der Waals surface area contributed by atoms with Crippen LogP contribution in [0.3, 0.4) is 0 Å². The van der Waals surface area contributed by atoms with Gasteiger partial charge < -0.3 is 15.2 Å². The summed E-state index contributed by atoms with van der Waals surface area (Å²) in [5, 5.41) is 13.4. The summed E-state index contributed by atoms with van der Waals surface area (Å²) in [5.74, 6) is 0. The third-order valence-electron chi connectivity index (χ3n) is 3.66. The first-order valence-electron chi connectivity index (χ1n) is 6.55. The van der Waals surface area contributed by atoms with Crippen molar-refractivity contribution in [3.63, 3.8) is 0 Å². The second-order valence-corrected chi connectivity index (χ2v) is 5.85. The standard InChI is InChI=1S/C16H16BrNO2/c17-14-7-3-4-8-15(14)18-16(10-19)11-20-9-12-5-1-2-6-13(12)16/h1-8,18-19H,9-11H2. The van der Waals surface area contributed by atoms with Crippen molar-refractivity contribution in [2.24, 2.45) is 0 Å². The van der Waals surface area contributed by atoms with Gasteiger partial charge in [-0.15, -0.1) is 0 Å². The minimum atomic E-state index is -0.598. The molecule has 3 rings (SSSR count). The Morgan fingerprint density at radius 3 is 2.70 bits per heavy atom. The summed E-state index contributed by atoms with van der Waals surface area (Å²) in [6, 6.07) is 16.0. The van der Waals surface area contributed by atoms with Crippen LogP contribution in [0.4, 0.5) is 5.69 Å². The van der Waals surface area contributed by atoms with E-state index in [0.29, 0.717) is 13.2 Å². The van der Waals surface area contributed by atoms with Crippen molar-refractivity contribution in [1.29, 1.82) is 0 Å². The molecule has 0 bridgehead atoms. The predicted molar refractivity (Wildman–Crippen MR) is 82.6 cm³/mol. The summed E-state index contributed by atoms with van der Waals surface area (Å²) in [5.41, 5.74) is 2.57. The van der Waals surface area contributed by atoms with Gasteiger partial charge in [-0.25, -0.2) is 0 Å².